The monoisotopic (exact) mass is 448 g/mol. The smallest absolute Gasteiger partial charge is 0.228 e. The van der Waals surface area contributed by atoms with Crippen molar-refractivity contribution >= 4 is 11.7 Å². The molecule has 5 rings (SSSR count). The summed E-state index contributed by atoms with van der Waals surface area (Å²) in [5, 5.41) is 3.06. The Morgan fingerprint density at radius 2 is 1.88 bits per heavy atom. The molecule has 2 atom stereocenters. The first-order valence-corrected chi connectivity index (χ1v) is 12.0. The molecule has 2 aliphatic heterocycles. The highest BCUT2D eigenvalue weighted by molar-refractivity contribution is 6.06. The molecule has 2 saturated heterocycles. The van der Waals surface area contributed by atoms with Gasteiger partial charge in [-0.1, -0.05) is 42.5 Å². The molecule has 2 fully saturated rings. The molecule has 0 saturated carbocycles. The molecule has 1 amide bonds. The molecule has 1 N–H and O–H groups in total. The highest BCUT2D eigenvalue weighted by Gasteiger charge is 2.43. The van der Waals surface area contributed by atoms with Crippen molar-refractivity contribution in [2.45, 2.75) is 56.3 Å². The molecule has 33 heavy (non-hydrogen) atoms. The minimum Gasteiger partial charge on any atom is -0.496 e. The number of para-hydroxylation sites is 1. The summed E-state index contributed by atoms with van der Waals surface area (Å²) in [7, 11) is 1.72. The van der Waals surface area contributed by atoms with Crippen LogP contribution in [0.2, 0.25) is 0 Å². The molecule has 6 heteroatoms. The average molecular weight is 449 g/mol. The number of Topliss-reactive ketones (excluding diaryl/α,β-unsaturated/α-hetero) is 1. The van der Waals surface area contributed by atoms with Gasteiger partial charge in [-0.25, -0.2) is 0 Å². The number of fused-ring (bicyclic) bond motifs is 1. The van der Waals surface area contributed by atoms with Crippen LogP contribution in [0, 0.1) is 0 Å². The first-order chi connectivity index (χ1) is 16.1. The number of nitrogens with zero attached hydrogens (tertiary/aromatic N) is 1. The topological polar surface area (TPSA) is 67.9 Å². The maximum absolute atomic E-state index is 12.8. The van der Waals surface area contributed by atoms with Gasteiger partial charge in [0.25, 0.3) is 0 Å². The first kappa shape index (κ1) is 22.1. The number of amides is 1. The van der Waals surface area contributed by atoms with E-state index in [1.165, 1.54) is 5.56 Å². The number of piperidine rings is 1. The largest absolute Gasteiger partial charge is 0.496 e. The van der Waals surface area contributed by atoms with E-state index in [-0.39, 0.29) is 35.7 Å². The highest BCUT2D eigenvalue weighted by Crippen LogP contribution is 2.39. The zero-order valence-electron chi connectivity index (χ0n) is 19.2. The van der Waals surface area contributed by atoms with Crippen LogP contribution in [0.5, 0.6) is 5.75 Å². The van der Waals surface area contributed by atoms with Gasteiger partial charge >= 0.3 is 0 Å². The summed E-state index contributed by atoms with van der Waals surface area (Å²) in [6.45, 7) is 3.40. The third-order valence-corrected chi connectivity index (χ3v) is 7.54. The van der Waals surface area contributed by atoms with Crippen molar-refractivity contribution in [3.8, 4) is 5.75 Å². The first-order valence-electron chi connectivity index (χ1n) is 12.0. The van der Waals surface area contributed by atoms with E-state index in [9.17, 15) is 9.59 Å². The Morgan fingerprint density at radius 1 is 1.12 bits per heavy atom. The van der Waals surface area contributed by atoms with Crippen LogP contribution in [0.1, 0.15) is 59.5 Å². The zero-order chi connectivity index (χ0) is 22.8. The quantitative estimate of drug-likeness (QED) is 0.730. The molecule has 2 aromatic carbocycles. The minimum atomic E-state index is -0.373. The van der Waals surface area contributed by atoms with E-state index in [4.69, 9.17) is 9.47 Å². The van der Waals surface area contributed by atoms with Gasteiger partial charge in [-0.05, 0) is 37.3 Å². The van der Waals surface area contributed by atoms with Gasteiger partial charge in [0, 0.05) is 43.7 Å². The van der Waals surface area contributed by atoms with E-state index in [1.54, 1.807) is 7.11 Å². The van der Waals surface area contributed by atoms with E-state index >= 15 is 0 Å². The van der Waals surface area contributed by atoms with Crippen LogP contribution >= 0.6 is 0 Å². The number of likely N-dealkylation sites (tertiary alicyclic amines) is 1. The molecule has 3 aliphatic rings. The second kappa shape index (κ2) is 9.27. The molecule has 2 heterocycles. The number of nitrogens with one attached hydrogen (secondary N) is 1. The van der Waals surface area contributed by atoms with Gasteiger partial charge in [0.05, 0.1) is 24.7 Å². The molecule has 0 unspecified atom stereocenters. The van der Waals surface area contributed by atoms with Crippen molar-refractivity contribution in [2.75, 3.05) is 26.7 Å². The van der Waals surface area contributed by atoms with E-state index in [1.807, 2.05) is 36.4 Å². The van der Waals surface area contributed by atoms with Gasteiger partial charge in [0.1, 0.15) is 5.75 Å². The van der Waals surface area contributed by atoms with Gasteiger partial charge in [-0.15, -0.1) is 0 Å². The molecule has 0 bridgehead atoms. The number of hydrogen-bond donors (Lipinski definition) is 1. The third kappa shape index (κ3) is 4.55. The summed E-state index contributed by atoms with van der Waals surface area (Å²) in [6.07, 6.45) is 4.34. The SMILES string of the molecule is COc1ccccc1CN1CCC2(CC[C@@H](CNC(=O)[C@@H]3CC(=O)c4ccccc43)O2)CC1. The van der Waals surface area contributed by atoms with Crippen molar-refractivity contribution in [3.05, 3.63) is 65.2 Å². The second-order valence-electron chi connectivity index (χ2n) is 9.56. The standard InChI is InChI=1S/C27H32N2O4/c1-32-25-9-5-2-6-19(25)18-29-14-12-27(13-15-29)11-10-20(33-27)17-28-26(31)23-16-24(30)22-8-4-3-7-21(22)23/h2-9,20,23H,10-18H2,1H3,(H,28,31)/t20-,23+/m0/s1. The van der Waals surface area contributed by atoms with E-state index in [0.29, 0.717) is 12.1 Å². The van der Waals surface area contributed by atoms with Gasteiger partial charge in [0.15, 0.2) is 5.78 Å². The Kier molecular flexibility index (Phi) is 6.21. The van der Waals surface area contributed by atoms with Gasteiger partial charge in [-0.3, -0.25) is 14.5 Å². The highest BCUT2D eigenvalue weighted by atomic mass is 16.5. The lowest BCUT2D eigenvalue weighted by Gasteiger charge is -2.39. The van der Waals surface area contributed by atoms with Crippen LogP contribution in [0.15, 0.2) is 48.5 Å². The second-order valence-corrected chi connectivity index (χ2v) is 9.56. The lowest BCUT2D eigenvalue weighted by atomic mass is 9.88. The number of carbonyl (C=O) groups excluding carboxylic acids is 2. The van der Waals surface area contributed by atoms with Crippen LogP contribution in [0.25, 0.3) is 0 Å². The fourth-order valence-corrected chi connectivity index (χ4v) is 5.63. The van der Waals surface area contributed by atoms with Crippen LogP contribution < -0.4 is 10.1 Å². The van der Waals surface area contributed by atoms with Gasteiger partial charge in [0.2, 0.25) is 5.91 Å². The molecule has 174 valence electrons. The summed E-state index contributed by atoms with van der Waals surface area (Å²) in [4.78, 5) is 27.5. The molecule has 1 aliphatic carbocycles. The Balaban J connectivity index is 1.11. The van der Waals surface area contributed by atoms with Gasteiger partial charge in [-0.2, -0.15) is 0 Å². The summed E-state index contributed by atoms with van der Waals surface area (Å²) in [5.74, 6) is 0.561. The molecule has 2 aromatic rings. The van der Waals surface area contributed by atoms with E-state index in [0.717, 1.165) is 56.6 Å². The van der Waals surface area contributed by atoms with Crippen LogP contribution in [0.4, 0.5) is 0 Å². The maximum Gasteiger partial charge on any atom is 0.228 e. The average Bonchev–Trinajstić information content (AvgIpc) is 3.41. The Hall–Kier alpha value is -2.70. The maximum atomic E-state index is 12.8. The predicted octanol–water partition coefficient (Wildman–Crippen LogP) is 3.70. The van der Waals surface area contributed by atoms with E-state index in [2.05, 4.69) is 22.3 Å². The van der Waals surface area contributed by atoms with Crippen molar-refractivity contribution in [3.63, 3.8) is 0 Å². The number of hydrogen-bond acceptors (Lipinski definition) is 5. The lowest BCUT2D eigenvalue weighted by molar-refractivity contribution is -0.124. The summed E-state index contributed by atoms with van der Waals surface area (Å²) < 4.78 is 12.0. The van der Waals surface area contributed by atoms with Crippen molar-refractivity contribution in [1.29, 1.82) is 0 Å². The molecular formula is C27H32N2O4. The van der Waals surface area contributed by atoms with E-state index < -0.39 is 0 Å². The van der Waals surface area contributed by atoms with Crippen molar-refractivity contribution in [1.82, 2.24) is 10.2 Å². The number of benzene rings is 2. The van der Waals surface area contributed by atoms with Crippen LogP contribution in [-0.4, -0.2) is 55.0 Å². The minimum absolute atomic E-state index is 0.0436. The summed E-state index contributed by atoms with van der Waals surface area (Å²) in [6, 6.07) is 15.7. The summed E-state index contributed by atoms with van der Waals surface area (Å²) in [5.41, 5.74) is 2.69. The Labute approximate surface area is 195 Å². The number of ketones is 1. The molecule has 0 radical (unpaired) electrons. The number of rotatable bonds is 6. The Morgan fingerprint density at radius 3 is 2.70 bits per heavy atom. The lowest BCUT2D eigenvalue weighted by Crippen LogP contribution is -2.45. The normalized spacial score (nSPS) is 24.1. The van der Waals surface area contributed by atoms with Crippen molar-refractivity contribution in [2.24, 2.45) is 0 Å². The molecular weight excluding hydrogens is 416 g/mol. The molecule has 6 nitrogen and oxygen atoms in total. The molecule has 1 spiro atoms. The summed E-state index contributed by atoms with van der Waals surface area (Å²) >= 11 is 0. The molecule has 0 aromatic heterocycles. The van der Waals surface area contributed by atoms with Crippen LogP contribution in [-0.2, 0) is 16.1 Å². The number of methoxy groups -OCH3 is 1. The predicted molar refractivity (Wildman–Crippen MR) is 125 cm³/mol. The fourth-order valence-electron chi connectivity index (χ4n) is 5.63. The number of carbonyl (C=O) groups is 2. The Bertz CT molecular complexity index is 1030. The number of ether oxygens (including phenoxy) is 2. The fraction of sp³-hybridized carbons (Fsp3) is 0.481. The zero-order valence-corrected chi connectivity index (χ0v) is 19.2. The van der Waals surface area contributed by atoms with Gasteiger partial charge < -0.3 is 14.8 Å². The van der Waals surface area contributed by atoms with Crippen LogP contribution in [0.3, 0.4) is 0 Å². The van der Waals surface area contributed by atoms with Crippen molar-refractivity contribution < 1.29 is 19.1 Å². The third-order valence-electron chi connectivity index (χ3n) is 7.54.